The lowest BCUT2D eigenvalue weighted by Crippen LogP contribution is -2.62. The molecular weight excluding hydrogens is 214 g/mol. The standard InChI is InChI=1S/C14H21NO2/c1-2-8-14(16)11-15(12-14)9-10-17-13-6-4-3-5-7-13/h3-7,16H,2,8-12H2,1H3. The minimum atomic E-state index is -0.429. The third-order valence-corrected chi connectivity index (χ3v) is 3.17. The second kappa shape index (κ2) is 5.52. The Labute approximate surface area is 103 Å². The van der Waals surface area contributed by atoms with Crippen LogP contribution in [0.3, 0.4) is 0 Å². The Morgan fingerprint density at radius 1 is 1.29 bits per heavy atom. The van der Waals surface area contributed by atoms with Gasteiger partial charge in [0, 0.05) is 19.6 Å². The molecule has 1 aliphatic rings. The maximum absolute atomic E-state index is 10.0. The second-order valence-electron chi connectivity index (χ2n) is 4.85. The zero-order chi connectivity index (χ0) is 12.1. The van der Waals surface area contributed by atoms with E-state index in [0.29, 0.717) is 6.61 Å². The average molecular weight is 235 g/mol. The van der Waals surface area contributed by atoms with Crippen molar-refractivity contribution >= 4 is 0 Å². The Morgan fingerprint density at radius 2 is 2.00 bits per heavy atom. The van der Waals surface area contributed by atoms with Gasteiger partial charge in [0.15, 0.2) is 0 Å². The molecule has 3 heteroatoms. The van der Waals surface area contributed by atoms with Gasteiger partial charge in [0.1, 0.15) is 12.4 Å². The molecular formula is C14H21NO2. The van der Waals surface area contributed by atoms with E-state index in [2.05, 4.69) is 11.8 Å². The number of ether oxygens (including phenoxy) is 1. The quantitative estimate of drug-likeness (QED) is 0.817. The van der Waals surface area contributed by atoms with Crippen molar-refractivity contribution in [1.29, 1.82) is 0 Å². The molecule has 1 N–H and O–H groups in total. The zero-order valence-corrected chi connectivity index (χ0v) is 10.4. The topological polar surface area (TPSA) is 32.7 Å². The first-order valence-corrected chi connectivity index (χ1v) is 6.34. The number of rotatable bonds is 6. The second-order valence-corrected chi connectivity index (χ2v) is 4.85. The number of para-hydroxylation sites is 1. The molecule has 2 rings (SSSR count). The molecule has 0 spiro atoms. The van der Waals surface area contributed by atoms with Crippen LogP contribution in [0.25, 0.3) is 0 Å². The van der Waals surface area contributed by atoms with E-state index in [1.54, 1.807) is 0 Å². The molecule has 1 heterocycles. The van der Waals surface area contributed by atoms with Crippen molar-refractivity contribution in [1.82, 2.24) is 4.90 Å². The van der Waals surface area contributed by atoms with E-state index < -0.39 is 5.60 Å². The van der Waals surface area contributed by atoms with E-state index in [1.807, 2.05) is 30.3 Å². The van der Waals surface area contributed by atoms with Gasteiger partial charge in [0.05, 0.1) is 5.60 Å². The van der Waals surface area contributed by atoms with E-state index in [0.717, 1.165) is 38.2 Å². The lowest BCUT2D eigenvalue weighted by atomic mass is 9.89. The summed E-state index contributed by atoms with van der Waals surface area (Å²) >= 11 is 0. The van der Waals surface area contributed by atoms with E-state index in [-0.39, 0.29) is 0 Å². The smallest absolute Gasteiger partial charge is 0.119 e. The molecule has 0 saturated carbocycles. The van der Waals surface area contributed by atoms with Crippen molar-refractivity contribution in [2.24, 2.45) is 0 Å². The maximum Gasteiger partial charge on any atom is 0.119 e. The van der Waals surface area contributed by atoms with Gasteiger partial charge in [-0.2, -0.15) is 0 Å². The third kappa shape index (κ3) is 3.45. The van der Waals surface area contributed by atoms with Crippen LogP contribution < -0.4 is 4.74 Å². The Hall–Kier alpha value is -1.06. The number of β-amino-alcohol motifs (C(OH)–C–C–N with tert-alkyl or cyclic N) is 1. The summed E-state index contributed by atoms with van der Waals surface area (Å²) in [6.07, 6.45) is 1.95. The fourth-order valence-electron chi connectivity index (χ4n) is 2.38. The molecule has 1 aromatic carbocycles. The van der Waals surface area contributed by atoms with Gasteiger partial charge in [-0.25, -0.2) is 0 Å². The van der Waals surface area contributed by atoms with Crippen molar-refractivity contribution in [3.63, 3.8) is 0 Å². The summed E-state index contributed by atoms with van der Waals surface area (Å²) in [6.45, 7) is 5.27. The Bertz CT molecular complexity index is 333. The number of aliphatic hydroxyl groups is 1. The van der Waals surface area contributed by atoms with Crippen LogP contribution >= 0.6 is 0 Å². The van der Waals surface area contributed by atoms with Crippen molar-refractivity contribution in [2.75, 3.05) is 26.2 Å². The van der Waals surface area contributed by atoms with Crippen molar-refractivity contribution in [2.45, 2.75) is 25.4 Å². The van der Waals surface area contributed by atoms with Gasteiger partial charge in [0.2, 0.25) is 0 Å². The molecule has 0 aromatic heterocycles. The zero-order valence-electron chi connectivity index (χ0n) is 10.4. The van der Waals surface area contributed by atoms with Gasteiger partial charge in [0.25, 0.3) is 0 Å². The van der Waals surface area contributed by atoms with Crippen molar-refractivity contribution in [3.05, 3.63) is 30.3 Å². The molecule has 0 amide bonds. The largest absolute Gasteiger partial charge is 0.492 e. The molecule has 3 nitrogen and oxygen atoms in total. The van der Waals surface area contributed by atoms with E-state index in [4.69, 9.17) is 4.74 Å². The van der Waals surface area contributed by atoms with Gasteiger partial charge < -0.3 is 9.84 Å². The minimum absolute atomic E-state index is 0.429. The summed E-state index contributed by atoms with van der Waals surface area (Å²) < 4.78 is 5.62. The summed E-state index contributed by atoms with van der Waals surface area (Å²) in [4.78, 5) is 2.23. The predicted octanol–water partition coefficient (Wildman–Crippen LogP) is 1.91. The Balaban J connectivity index is 1.62. The highest BCUT2D eigenvalue weighted by Gasteiger charge is 2.39. The van der Waals surface area contributed by atoms with Crippen molar-refractivity contribution < 1.29 is 9.84 Å². The summed E-state index contributed by atoms with van der Waals surface area (Å²) in [7, 11) is 0. The SMILES string of the molecule is CCCC1(O)CN(CCOc2ccccc2)C1. The molecule has 1 fully saturated rings. The average Bonchev–Trinajstić information content (AvgIpc) is 2.28. The summed E-state index contributed by atoms with van der Waals surface area (Å²) in [5.74, 6) is 0.914. The lowest BCUT2D eigenvalue weighted by molar-refractivity contribution is -0.105. The van der Waals surface area contributed by atoms with E-state index >= 15 is 0 Å². The normalized spacial score (nSPS) is 18.7. The van der Waals surface area contributed by atoms with Crippen LogP contribution in [0.2, 0.25) is 0 Å². The predicted molar refractivity (Wildman–Crippen MR) is 68.2 cm³/mol. The lowest BCUT2D eigenvalue weighted by Gasteiger charge is -2.46. The van der Waals surface area contributed by atoms with Crippen LogP contribution in [-0.2, 0) is 0 Å². The molecule has 17 heavy (non-hydrogen) atoms. The summed E-state index contributed by atoms with van der Waals surface area (Å²) in [5, 5.41) is 10.0. The number of nitrogens with zero attached hydrogens (tertiary/aromatic N) is 1. The fraction of sp³-hybridized carbons (Fsp3) is 0.571. The molecule has 0 atom stereocenters. The number of hydrogen-bond acceptors (Lipinski definition) is 3. The molecule has 0 unspecified atom stereocenters. The first-order valence-electron chi connectivity index (χ1n) is 6.34. The molecule has 0 bridgehead atoms. The van der Waals surface area contributed by atoms with Gasteiger partial charge in [-0.1, -0.05) is 31.5 Å². The van der Waals surface area contributed by atoms with Gasteiger partial charge in [-0.05, 0) is 18.6 Å². The monoisotopic (exact) mass is 235 g/mol. The number of likely N-dealkylation sites (tertiary alicyclic amines) is 1. The van der Waals surface area contributed by atoms with Crippen LogP contribution in [-0.4, -0.2) is 41.8 Å². The van der Waals surface area contributed by atoms with E-state index in [1.165, 1.54) is 0 Å². The van der Waals surface area contributed by atoms with E-state index in [9.17, 15) is 5.11 Å². The number of hydrogen-bond donors (Lipinski definition) is 1. The van der Waals surface area contributed by atoms with Crippen LogP contribution in [0.4, 0.5) is 0 Å². The molecule has 1 saturated heterocycles. The Kier molecular flexibility index (Phi) is 4.02. The summed E-state index contributed by atoms with van der Waals surface area (Å²) in [5.41, 5.74) is -0.429. The highest BCUT2D eigenvalue weighted by Crippen LogP contribution is 2.25. The van der Waals surface area contributed by atoms with Gasteiger partial charge >= 0.3 is 0 Å². The van der Waals surface area contributed by atoms with Gasteiger partial charge in [-0.3, -0.25) is 4.90 Å². The molecule has 0 radical (unpaired) electrons. The first kappa shape index (κ1) is 12.4. The van der Waals surface area contributed by atoms with Crippen LogP contribution in [0.5, 0.6) is 5.75 Å². The van der Waals surface area contributed by atoms with Gasteiger partial charge in [-0.15, -0.1) is 0 Å². The van der Waals surface area contributed by atoms with Crippen LogP contribution in [0.15, 0.2) is 30.3 Å². The van der Waals surface area contributed by atoms with Crippen molar-refractivity contribution in [3.8, 4) is 5.75 Å². The molecule has 94 valence electrons. The number of benzene rings is 1. The molecule has 1 aromatic rings. The Morgan fingerprint density at radius 3 is 2.65 bits per heavy atom. The minimum Gasteiger partial charge on any atom is -0.492 e. The van der Waals surface area contributed by atoms with Crippen LogP contribution in [0.1, 0.15) is 19.8 Å². The van der Waals surface area contributed by atoms with Crippen LogP contribution in [0, 0.1) is 0 Å². The highest BCUT2D eigenvalue weighted by atomic mass is 16.5. The fourth-order valence-corrected chi connectivity index (χ4v) is 2.38. The highest BCUT2D eigenvalue weighted by molar-refractivity contribution is 5.20. The maximum atomic E-state index is 10.0. The molecule has 0 aliphatic carbocycles. The first-order chi connectivity index (χ1) is 8.22. The molecule has 1 aliphatic heterocycles. The summed E-state index contributed by atoms with van der Waals surface area (Å²) in [6, 6.07) is 9.85. The third-order valence-electron chi connectivity index (χ3n) is 3.17.